The Labute approximate surface area is 165 Å². The van der Waals surface area contributed by atoms with E-state index in [0.29, 0.717) is 20.8 Å². The van der Waals surface area contributed by atoms with Gasteiger partial charge in [-0.05, 0) is 30.7 Å². The van der Waals surface area contributed by atoms with Crippen LogP contribution in [-0.2, 0) is 6.54 Å². The average molecular weight is 403 g/mol. The molecular formula is C19H16Cl2N4O2. The molecule has 3 rings (SSSR count). The molecule has 138 valence electrons. The second-order valence-electron chi connectivity index (χ2n) is 6.12. The molecule has 6 nitrogen and oxygen atoms in total. The molecule has 0 aliphatic heterocycles. The van der Waals surface area contributed by atoms with Crippen LogP contribution in [-0.4, -0.2) is 16.4 Å². The summed E-state index contributed by atoms with van der Waals surface area (Å²) < 4.78 is 1.42. The first-order valence-corrected chi connectivity index (χ1v) is 8.73. The molecule has 0 saturated heterocycles. The van der Waals surface area contributed by atoms with Crippen LogP contribution < -0.4 is 17.0 Å². The third-order valence-corrected chi connectivity index (χ3v) is 4.78. The van der Waals surface area contributed by atoms with Gasteiger partial charge in [-0.1, -0.05) is 47.0 Å². The van der Waals surface area contributed by atoms with Crippen LogP contribution in [0.2, 0.25) is 10.0 Å². The van der Waals surface area contributed by atoms with E-state index in [0.717, 1.165) is 11.1 Å². The third-order valence-electron chi connectivity index (χ3n) is 4.04. The molecule has 1 amide bonds. The molecule has 1 aromatic heterocycles. The van der Waals surface area contributed by atoms with Crippen LogP contribution in [0.3, 0.4) is 0 Å². The molecule has 4 N–H and O–H groups in total. The maximum absolute atomic E-state index is 12.9. The molecule has 0 fully saturated rings. The average Bonchev–Trinajstić information content (AvgIpc) is 2.59. The fourth-order valence-corrected chi connectivity index (χ4v) is 3.13. The molecule has 0 atom stereocenters. The Bertz CT molecular complexity index is 1150. The van der Waals surface area contributed by atoms with Gasteiger partial charge < -0.3 is 16.0 Å². The minimum absolute atomic E-state index is 0.210. The number of benzene rings is 2. The monoisotopic (exact) mass is 402 g/mol. The predicted molar refractivity (Wildman–Crippen MR) is 109 cm³/mol. The van der Waals surface area contributed by atoms with E-state index in [2.05, 4.69) is 4.99 Å². The summed E-state index contributed by atoms with van der Waals surface area (Å²) >= 11 is 12.0. The lowest BCUT2D eigenvalue weighted by Crippen LogP contribution is -2.26. The van der Waals surface area contributed by atoms with Crippen molar-refractivity contribution in [2.45, 2.75) is 13.5 Å². The number of nitrogens with zero attached hydrogens (tertiary/aromatic N) is 2. The van der Waals surface area contributed by atoms with Crippen LogP contribution >= 0.6 is 23.2 Å². The summed E-state index contributed by atoms with van der Waals surface area (Å²) in [6.07, 6.45) is 1.46. The fourth-order valence-electron chi connectivity index (χ4n) is 2.81. The van der Waals surface area contributed by atoms with Crippen molar-refractivity contribution in [1.82, 2.24) is 4.57 Å². The summed E-state index contributed by atoms with van der Waals surface area (Å²) in [7, 11) is 0. The Kier molecular flexibility index (Phi) is 5.21. The number of amides is 1. The van der Waals surface area contributed by atoms with Crippen molar-refractivity contribution in [3.63, 3.8) is 0 Å². The summed E-state index contributed by atoms with van der Waals surface area (Å²) in [5.41, 5.74) is 12.3. The Morgan fingerprint density at radius 1 is 1.07 bits per heavy atom. The van der Waals surface area contributed by atoms with E-state index < -0.39 is 5.91 Å². The minimum Gasteiger partial charge on any atom is -0.370 e. The molecule has 0 spiro atoms. The van der Waals surface area contributed by atoms with E-state index in [1.54, 1.807) is 30.3 Å². The summed E-state index contributed by atoms with van der Waals surface area (Å²) in [6.45, 7) is 2.08. The smallest absolute Gasteiger partial charge is 0.282 e. The van der Waals surface area contributed by atoms with Gasteiger partial charge in [0.15, 0.2) is 5.96 Å². The number of hydrogen-bond acceptors (Lipinski definition) is 2. The van der Waals surface area contributed by atoms with Crippen LogP contribution in [0.4, 0.5) is 0 Å². The Morgan fingerprint density at radius 3 is 2.48 bits per heavy atom. The van der Waals surface area contributed by atoms with Crippen LogP contribution in [0.5, 0.6) is 0 Å². The molecule has 1 heterocycles. The number of aromatic nitrogens is 1. The molecule has 27 heavy (non-hydrogen) atoms. The molecule has 0 unspecified atom stereocenters. The van der Waals surface area contributed by atoms with E-state index in [4.69, 9.17) is 34.7 Å². The number of hydrogen-bond donors (Lipinski definition) is 2. The van der Waals surface area contributed by atoms with Crippen LogP contribution in [0.1, 0.15) is 21.5 Å². The van der Waals surface area contributed by atoms with Crippen LogP contribution in [0.15, 0.2) is 52.4 Å². The number of carbonyl (C=O) groups excluding carboxylic acids is 1. The Balaban J connectivity index is 2.21. The van der Waals surface area contributed by atoms with E-state index in [-0.39, 0.29) is 23.6 Å². The zero-order valence-electron chi connectivity index (χ0n) is 14.4. The minimum atomic E-state index is -0.617. The first-order chi connectivity index (χ1) is 12.8. The highest BCUT2D eigenvalue weighted by Gasteiger charge is 2.15. The molecular weight excluding hydrogens is 387 g/mol. The van der Waals surface area contributed by atoms with Crippen molar-refractivity contribution in [3.8, 4) is 0 Å². The zero-order valence-corrected chi connectivity index (χ0v) is 15.9. The molecule has 3 aromatic rings. The van der Waals surface area contributed by atoms with Gasteiger partial charge in [-0.3, -0.25) is 9.59 Å². The number of halogens is 2. The van der Waals surface area contributed by atoms with E-state index in [9.17, 15) is 9.59 Å². The molecule has 0 aliphatic rings. The van der Waals surface area contributed by atoms with Gasteiger partial charge in [0.05, 0.1) is 22.2 Å². The summed E-state index contributed by atoms with van der Waals surface area (Å²) in [4.78, 5) is 29.0. The van der Waals surface area contributed by atoms with Gasteiger partial charge >= 0.3 is 0 Å². The standard InChI is InChI=1S/C19H16Cl2N4O2/c1-10-2-4-12-13(6-10)14(17(26)24-19(22)23)9-25(18(12)27)8-11-3-5-15(20)16(21)7-11/h2-7,9H,8H2,1H3,(H4,22,23,24,26). The van der Waals surface area contributed by atoms with E-state index >= 15 is 0 Å². The number of pyridine rings is 1. The zero-order chi connectivity index (χ0) is 19.7. The number of carbonyl (C=O) groups is 1. The van der Waals surface area contributed by atoms with Crippen molar-refractivity contribution in [3.05, 3.63) is 79.7 Å². The Hall–Kier alpha value is -2.83. The van der Waals surface area contributed by atoms with Crippen LogP contribution in [0, 0.1) is 6.92 Å². The van der Waals surface area contributed by atoms with Crippen LogP contribution in [0.25, 0.3) is 10.8 Å². The van der Waals surface area contributed by atoms with Gasteiger partial charge in [0.1, 0.15) is 0 Å². The number of rotatable bonds is 3. The van der Waals surface area contributed by atoms with Crippen molar-refractivity contribution in [2.24, 2.45) is 16.5 Å². The topological polar surface area (TPSA) is 103 Å². The normalized spacial score (nSPS) is 10.8. The van der Waals surface area contributed by atoms with E-state index in [1.165, 1.54) is 10.8 Å². The molecule has 8 heteroatoms. The molecule has 0 saturated carbocycles. The highest BCUT2D eigenvalue weighted by Crippen LogP contribution is 2.24. The number of nitrogens with two attached hydrogens (primary N) is 2. The number of aliphatic imine (C=N–C) groups is 1. The lowest BCUT2D eigenvalue weighted by molar-refractivity contribution is 0.100. The van der Waals surface area contributed by atoms with Gasteiger partial charge in [-0.2, -0.15) is 4.99 Å². The van der Waals surface area contributed by atoms with Gasteiger partial charge in [-0.15, -0.1) is 0 Å². The highest BCUT2D eigenvalue weighted by atomic mass is 35.5. The van der Waals surface area contributed by atoms with E-state index in [1.807, 2.05) is 13.0 Å². The highest BCUT2D eigenvalue weighted by molar-refractivity contribution is 6.42. The number of fused-ring (bicyclic) bond motifs is 1. The Morgan fingerprint density at radius 2 is 1.81 bits per heavy atom. The summed E-state index contributed by atoms with van der Waals surface area (Å²) in [6, 6.07) is 10.3. The van der Waals surface area contributed by atoms with Crippen molar-refractivity contribution < 1.29 is 4.79 Å². The second-order valence-corrected chi connectivity index (χ2v) is 6.93. The predicted octanol–water partition coefficient (Wildman–Crippen LogP) is 3.08. The first kappa shape index (κ1) is 18.9. The lowest BCUT2D eigenvalue weighted by atomic mass is 10.0. The summed E-state index contributed by atoms with van der Waals surface area (Å²) in [5.74, 6) is -0.962. The van der Waals surface area contributed by atoms with Gasteiger partial charge in [0.25, 0.3) is 11.5 Å². The number of aryl methyl sites for hydroxylation is 1. The lowest BCUT2D eigenvalue weighted by Gasteiger charge is -2.12. The largest absolute Gasteiger partial charge is 0.370 e. The van der Waals surface area contributed by atoms with Gasteiger partial charge in [-0.25, -0.2) is 0 Å². The summed E-state index contributed by atoms with van der Waals surface area (Å²) in [5, 5.41) is 1.71. The third kappa shape index (κ3) is 3.97. The molecule has 2 aromatic carbocycles. The van der Waals surface area contributed by atoms with Crippen molar-refractivity contribution >= 4 is 45.8 Å². The molecule has 0 aliphatic carbocycles. The second kappa shape index (κ2) is 7.42. The maximum atomic E-state index is 12.9. The molecule has 0 radical (unpaired) electrons. The van der Waals surface area contributed by atoms with Crippen molar-refractivity contribution in [1.29, 1.82) is 0 Å². The van der Waals surface area contributed by atoms with Crippen molar-refractivity contribution in [2.75, 3.05) is 0 Å². The fraction of sp³-hybridized carbons (Fsp3) is 0.105. The van der Waals surface area contributed by atoms with Gasteiger partial charge in [0, 0.05) is 17.0 Å². The van der Waals surface area contributed by atoms with Gasteiger partial charge in [0.2, 0.25) is 0 Å². The quantitative estimate of drug-likeness (QED) is 0.518. The molecule has 0 bridgehead atoms. The SMILES string of the molecule is Cc1ccc2c(=O)n(Cc3ccc(Cl)c(Cl)c3)cc(C(=O)N=C(N)N)c2c1. The number of guanidine groups is 1. The first-order valence-electron chi connectivity index (χ1n) is 7.98. The maximum Gasteiger partial charge on any atom is 0.282 e.